The lowest BCUT2D eigenvalue weighted by atomic mass is 10.1. The zero-order chi connectivity index (χ0) is 14.8. The molecule has 0 radical (unpaired) electrons. The third kappa shape index (κ3) is 2.49. The fourth-order valence-electron chi connectivity index (χ4n) is 2.61. The van der Waals surface area contributed by atoms with Gasteiger partial charge in [0.05, 0.1) is 24.4 Å². The first-order valence-corrected chi connectivity index (χ1v) is 7.41. The molecule has 0 unspecified atom stereocenters. The molecule has 0 amide bonds. The number of ether oxygens (including phenoxy) is 1. The lowest BCUT2D eigenvalue weighted by molar-refractivity contribution is 0.410. The Morgan fingerprint density at radius 1 is 1.19 bits per heavy atom. The minimum atomic E-state index is 0.440. The first-order valence-electron chi connectivity index (χ1n) is 6.88. The number of hydrogen-bond donors (Lipinski definition) is 0. The first kappa shape index (κ1) is 14.0. The summed E-state index contributed by atoms with van der Waals surface area (Å²) in [6.07, 6.45) is 2.73. The fourth-order valence-corrected chi connectivity index (χ4v) is 2.90. The van der Waals surface area contributed by atoms with Crippen LogP contribution in [-0.4, -0.2) is 16.5 Å². The van der Waals surface area contributed by atoms with Crippen molar-refractivity contribution in [1.29, 1.82) is 0 Å². The van der Waals surface area contributed by atoms with Crippen LogP contribution < -0.4 is 4.74 Å². The van der Waals surface area contributed by atoms with Gasteiger partial charge in [0.15, 0.2) is 0 Å². The quantitative estimate of drug-likeness (QED) is 0.681. The Balaban J connectivity index is 2.10. The zero-order valence-corrected chi connectivity index (χ0v) is 12.9. The molecule has 0 atom stereocenters. The number of para-hydroxylation sites is 1. The van der Waals surface area contributed by atoms with Gasteiger partial charge in [0.2, 0.25) is 0 Å². The minimum Gasteiger partial charge on any atom is -0.496 e. The molecule has 1 aromatic carbocycles. The summed E-state index contributed by atoms with van der Waals surface area (Å²) in [6, 6.07) is 12.1. The molecule has 0 aliphatic carbocycles. The molecule has 0 saturated heterocycles. The molecule has 0 aliphatic rings. The number of nitrogens with zero attached hydrogens (tertiary/aromatic N) is 2. The van der Waals surface area contributed by atoms with E-state index in [0.717, 1.165) is 33.9 Å². The highest BCUT2D eigenvalue weighted by Gasteiger charge is 2.14. The van der Waals surface area contributed by atoms with Crippen LogP contribution in [0.3, 0.4) is 0 Å². The van der Waals surface area contributed by atoms with Crippen LogP contribution in [0.15, 0.2) is 42.6 Å². The van der Waals surface area contributed by atoms with Crippen LogP contribution in [0.4, 0.5) is 0 Å². The molecule has 0 fully saturated rings. The molecule has 0 bridgehead atoms. The Morgan fingerprint density at radius 2 is 2.00 bits per heavy atom. The van der Waals surface area contributed by atoms with Crippen molar-refractivity contribution in [2.75, 3.05) is 7.11 Å². The number of fused-ring (bicyclic) bond motifs is 1. The van der Waals surface area contributed by atoms with Crippen LogP contribution in [-0.2, 0) is 12.3 Å². The predicted octanol–water partition coefficient (Wildman–Crippen LogP) is 3.98. The van der Waals surface area contributed by atoms with Crippen molar-refractivity contribution in [2.24, 2.45) is 0 Å². The maximum absolute atomic E-state index is 6.15. The van der Waals surface area contributed by atoms with Gasteiger partial charge in [-0.3, -0.25) is 0 Å². The molecule has 0 N–H and O–H groups in total. The third-order valence-corrected chi connectivity index (χ3v) is 3.96. The number of aryl methyl sites for hydroxylation is 1. The maximum atomic E-state index is 6.15. The van der Waals surface area contributed by atoms with Crippen molar-refractivity contribution in [3.05, 3.63) is 65.1 Å². The Labute approximate surface area is 129 Å². The van der Waals surface area contributed by atoms with Gasteiger partial charge in [0.25, 0.3) is 0 Å². The van der Waals surface area contributed by atoms with Crippen LogP contribution in [0, 0.1) is 6.92 Å². The average molecular weight is 301 g/mol. The van der Waals surface area contributed by atoms with E-state index in [-0.39, 0.29) is 0 Å². The van der Waals surface area contributed by atoms with Gasteiger partial charge in [-0.15, -0.1) is 11.6 Å². The summed E-state index contributed by atoms with van der Waals surface area (Å²) in [4.78, 5) is 4.78. The monoisotopic (exact) mass is 300 g/mol. The summed E-state index contributed by atoms with van der Waals surface area (Å²) >= 11 is 6.15. The van der Waals surface area contributed by atoms with Gasteiger partial charge in [0.1, 0.15) is 11.4 Å². The molecule has 0 saturated carbocycles. The number of benzene rings is 1. The SMILES string of the molecule is COc1ccccc1Cc1nc2c(C)cccn2c1CCl. The summed E-state index contributed by atoms with van der Waals surface area (Å²) in [5.74, 6) is 1.32. The lowest BCUT2D eigenvalue weighted by Crippen LogP contribution is -1.97. The van der Waals surface area contributed by atoms with E-state index >= 15 is 0 Å². The van der Waals surface area contributed by atoms with Crippen molar-refractivity contribution in [3.8, 4) is 5.75 Å². The van der Waals surface area contributed by atoms with E-state index in [4.69, 9.17) is 21.3 Å². The molecule has 0 aliphatic heterocycles. The van der Waals surface area contributed by atoms with Crippen LogP contribution in [0.1, 0.15) is 22.5 Å². The van der Waals surface area contributed by atoms with Crippen LogP contribution in [0.2, 0.25) is 0 Å². The number of aromatic nitrogens is 2. The Kier molecular flexibility index (Phi) is 3.84. The number of halogens is 1. The van der Waals surface area contributed by atoms with Gasteiger partial charge < -0.3 is 9.14 Å². The maximum Gasteiger partial charge on any atom is 0.140 e. The average Bonchev–Trinajstić information content (AvgIpc) is 2.86. The molecule has 21 heavy (non-hydrogen) atoms. The summed E-state index contributed by atoms with van der Waals surface area (Å²) < 4.78 is 7.50. The second kappa shape index (κ2) is 5.78. The van der Waals surface area contributed by atoms with Gasteiger partial charge in [-0.2, -0.15) is 0 Å². The second-order valence-corrected chi connectivity index (χ2v) is 5.28. The third-order valence-electron chi connectivity index (χ3n) is 3.70. The molecular weight excluding hydrogens is 284 g/mol. The number of pyridine rings is 1. The largest absolute Gasteiger partial charge is 0.496 e. The Bertz CT molecular complexity index is 780. The van der Waals surface area contributed by atoms with Gasteiger partial charge in [-0.1, -0.05) is 24.3 Å². The van der Waals surface area contributed by atoms with Crippen molar-refractivity contribution in [2.45, 2.75) is 19.2 Å². The van der Waals surface area contributed by atoms with E-state index in [1.807, 2.05) is 30.5 Å². The van der Waals surface area contributed by atoms with E-state index < -0.39 is 0 Å². The Morgan fingerprint density at radius 3 is 2.76 bits per heavy atom. The standard InChI is InChI=1S/C17H17ClN2O/c1-12-6-5-9-20-15(11-18)14(19-17(12)20)10-13-7-3-4-8-16(13)21-2/h3-9H,10-11H2,1-2H3. The van der Waals surface area contributed by atoms with Crippen LogP contribution >= 0.6 is 11.6 Å². The Hall–Kier alpha value is -2.00. The molecule has 4 heteroatoms. The summed E-state index contributed by atoms with van der Waals surface area (Å²) in [5.41, 5.74) is 5.28. The molecule has 0 spiro atoms. The zero-order valence-electron chi connectivity index (χ0n) is 12.1. The number of alkyl halides is 1. The van der Waals surface area contributed by atoms with Gasteiger partial charge in [-0.25, -0.2) is 4.98 Å². The smallest absolute Gasteiger partial charge is 0.140 e. The van der Waals surface area contributed by atoms with Crippen molar-refractivity contribution >= 4 is 17.2 Å². The summed E-state index contributed by atoms with van der Waals surface area (Å²) in [5, 5.41) is 0. The highest BCUT2D eigenvalue weighted by Crippen LogP contribution is 2.24. The summed E-state index contributed by atoms with van der Waals surface area (Å²) in [6.45, 7) is 2.06. The summed E-state index contributed by atoms with van der Waals surface area (Å²) in [7, 11) is 1.69. The van der Waals surface area contributed by atoms with E-state index in [2.05, 4.69) is 23.5 Å². The molecule has 2 heterocycles. The topological polar surface area (TPSA) is 26.5 Å². The molecule has 2 aromatic heterocycles. The van der Waals surface area contributed by atoms with Crippen LogP contribution in [0.25, 0.3) is 5.65 Å². The number of hydrogen-bond acceptors (Lipinski definition) is 2. The number of imidazole rings is 1. The van der Waals surface area contributed by atoms with E-state index in [0.29, 0.717) is 12.3 Å². The fraction of sp³-hybridized carbons (Fsp3) is 0.235. The number of methoxy groups -OCH3 is 1. The van der Waals surface area contributed by atoms with Crippen molar-refractivity contribution < 1.29 is 4.74 Å². The number of rotatable bonds is 4. The van der Waals surface area contributed by atoms with Gasteiger partial charge in [0, 0.05) is 18.2 Å². The molecule has 108 valence electrons. The second-order valence-electron chi connectivity index (χ2n) is 5.01. The van der Waals surface area contributed by atoms with Crippen molar-refractivity contribution in [1.82, 2.24) is 9.38 Å². The van der Waals surface area contributed by atoms with Crippen molar-refractivity contribution in [3.63, 3.8) is 0 Å². The van der Waals surface area contributed by atoms with Gasteiger partial charge in [-0.05, 0) is 24.6 Å². The molecule has 3 aromatic rings. The first-order chi connectivity index (χ1) is 10.2. The minimum absolute atomic E-state index is 0.440. The van der Waals surface area contributed by atoms with E-state index in [1.165, 1.54) is 0 Å². The highest BCUT2D eigenvalue weighted by atomic mass is 35.5. The predicted molar refractivity (Wildman–Crippen MR) is 85.3 cm³/mol. The van der Waals surface area contributed by atoms with Crippen LogP contribution in [0.5, 0.6) is 5.75 Å². The molecular formula is C17H17ClN2O. The van der Waals surface area contributed by atoms with Gasteiger partial charge >= 0.3 is 0 Å². The molecule has 3 nitrogen and oxygen atoms in total. The highest BCUT2D eigenvalue weighted by molar-refractivity contribution is 6.17. The molecule has 3 rings (SSSR count). The lowest BCUT2D eigenvalue weighted by Gasteiger charge is -2.07. The normalized spacial score (nSPS) is 11.0. The van der Waals surface area contributed by atoms with E-state index in [1.54, 1.807) is 7.11 Å². The van der Waals surface area contributed by atoms with E-state index in [9.17, 15) is 0 Å².